The summed E-state index contributed by atoms with van der Waals surface area (Å²) >= 11 is 7.57. The van der Waals surface area contributed by atoms with Crippen molar-refractivity contribution < 1.29 is 0 Å². The first kappa shape index (κ1) is 17.8. The predicted molar refractivity (Wildman–Crippen MR) is 113 cm³/mol. The van der Waals surface area contributed by atoms with Gasteiger partial charge in [-0.2, -0.15) is 0 Å². The Balaban J connectivity index is 1.75. The van der Waals surface area contributed by atoms with Crippen molar-refractivity contribution >= 4 is 34.3 Å². The quantitative estimate of drug-likeness (QED) is 0.337. The van der Waals surface area contributed by atoms with Gasteiger partial charge >= 0.3 is 0 Å². The highest BCUT2D eigenvalue weighted by Gasteiger charge is 2.12. The zero-order chi connectivity index (χ0) is 18.6. The van der Waals surface area contributed by atoms with Crippen LogP contribution < -0.4 is 5.56 Å². The number of hydrogen-bond acceptors (Lipinski definition) is 3. The standard InChI is InChI=1S/C22H17ClN2OS/c23-18-12-10-16(11-13-18)14-25-21(26)19-8-4-5-9-20(19)24-22(25)27-15-17-6-2-1-3-7-17/h1-13H,14-15H2. The number of hydrogen-bond donors (Lipinski definition) is 0. The number of nitrogens with zero attached hydrogens (tertiary/aromatic N) is 2. The molecule has 0 fully saturated rings. The van der Waals surface area contributed by atoms with Crippen molar-refractivity contribution in [3.8, 4) is 0 Å². The van der Waals surface area contributed by atoms with Crippen LogP contribution in [-0.4, -0.2) is 9.55 Å². The van der Waals surface area contributed by atoms with Crippen molar-refractivity contribution in [3.63, 3.8) is 0 Å². The summed E-state index contributed by atoms with van der Waals surface area (Å²) in [6.45, 7) is 0.463. The van der Waals surface area contributed by atoms with Crippen LogP contribution in [0.2, 0.25) is 5.02 Å². The van der Waals surface area contributed by atoms with E-state index in [2.05, 4.69) is 12.1 Å². The topological polar surface area (TPSA) is 34.9 Å². The Labute approximate surface area is 166 Å². The predicted octanol–water partition coefficient (Wildman–Crippen LogP) is 5.39. The molecule has 0 unspecified atom stereocenters. The fourth-order valence-corrected chi connectivity index (χ4v) is 3.97. The lowest BCUT2D eigenvalue weighted by Gasteiger charge is -2.13. The maximum atomic E-state index is 13.1. The average molecular weight is 393 g/mol. The number of para-hydroxylation sites is 1. The minimum absolute atomic E-state index is 0.0221. The van der Waals surface area contributed by atoms with Gasteiger partial charge in [-0.3, -0.25) is 9.36 Å². The van der Waals surface area contributed by atoms with Gasteiger partial charge in [-0.15, -0.1) is 0 Å². The summed E-state index contributed by atoms with van der Waals surface area (Å²) < 4.78 is 1.75. The first-order valence-electron chi connectivity index (χ1n) is 8.61. The van der Waals surface area contributed by atoms with E-state index in [9.17, 15) is 4.79 Å². The summed E-state index contributed by atoms with van der Waals surface area (Å²) in [6, 6.07) is 25.2. The molecule has 0 saturated heterocycles. The van der Waals surface area contributed by atoms with Crippen molar-refractivity contribution in [1.82, 2.24) is 9.55 Å². The van der Waals surface area contributed by atoms with Crippen molar-refractivity contribution in [1.29, 1.82) is 0 Å². The van der Waals surface area contributed by atoms with E-state index >= 15 is 0 Å². The highest BCUT2D eigenvalue weighted by atomic mass is 35.5. The second-order valence-corrected chi connectivity index (χ2v) is 7.58. The minimum atomic E-state index is -0.0221. The van der Waals surface area contributed by atoms with Crippen molar-refractivity contribution in [3.05, 3.63) is 105 Å². The Bertz CT molecular complexity index is 1120. The van der Waals surface area contributed by atoms with Gasteiger partial charge in [-0.25, -0.2) is 4.98 Å². The molecule has 3 aromatic carbocycles. The molecule has 4 rings (SSSR count). The summed E-state index contributed by atoms with van der Waals surface area (Å²) in [5, 5.41) is 2.04. The zero-order valence-electron chi connectivity index (χ0n) is 14.5. The van der Waals surface area contributed by atoms with Crippen molar-refractivity contribution in [2.45, 2.75) is 17.5 Å². The number of halogens is 1. The Hall–Kier alpha value is -2.56. The summed E-state index contributed by atoms with van der Waals surface area (Å²) in [5.41, 5.74) is 2.92. The van der Waals surface area contributed by atoms with Crippen molar-refractivity contribution in [2.24, 2.45) is 0 Å². The van der Waals surface area contributed by atoms with E-state index in [4.69, 9.17) is 16.6 Å². The summed E-state index contributed by atoms with van der Waals surface area (Å²) in [5.74, 6) is 0.756. The summed E-state index contributed by atoms with van der Waals surface area (Å²) in [4.78, 5) is 17.9. The van der Waals surface area contributed by atoms with E-state index in [-0.39, 0.29) is 5.56 Å². The lowest BCUT2D eigenvalue weighted by Crippen LogP contribution is -2.24. The molecular formula is C22H17ClN2OS. The highest BCUT2D eigenvalue weighted by molar-refractivity contribution is 7.98. The molecule has 0 aliphatic carbocycles. The van der Waals surface area contributed by atoms with Crippen LogP contribution in [0.15, 0.2) is 88.8 Å². The Morgan fingerprint density at radius 3 is 2.33 bits per heavy atom. The number of benzene rings is 3. The minimum Gasteiger partial charge on any atom is -0.283 e. The Kier molecular flexibility index (Phi) is 5.28. The molecule has 0 radical (unpaired) electrons. The molecule has 1 aromatic heterocycles. The fourth-order valence-electron chi connectivity index (χ4n) is 2.89. The van der Waals surface area contributed by atoms with Gasteiger partial charge in [0.25, 0.3) is 5.56 Å². The molecule has 0 bridgehead atoms. The Morgan fingerprint density at radius 2 is 1.56 bits per heavy atom. The first-order valence-corrected chi connectivity index (χ1v) is 9.98. The van der Waals surface area contributed by atoms with E-state index in [0.29, 0.717) is 17.0 Å². The van der Waals surface area contributed by atoms with Gasteiger partial charge in [0, 0.05) is 10.8 Å². The van der Waals surface area contributed by atoms with Crippen LogP contribution in [0.4, 0.5) is 0 Å². The highest BCUT2D eigenvalue weighted by Crippen LogP contribution is 2.23. The summed E-state index contributed by atoms with van der Waals surface area (Å²) in [6.07, 6.45) is 0. The monoisotopic (exact) mass is 392 g/mol. The second kappa shape index (κ2) is 7.99. The third-order valence-electron chi connectivity index (χ3n) is 4.29. The molecule has 0 N–H and O–H groups in total. The van der Waals surface area contributed by atoms with E-state index in [1.807, 2.05) is 66.7 Å². The van der Waals surface area contributed by atoms with Gasteiger partial charge < -0.3 is 0 Å². The normalized spacial score (nSPS) is 11.0. The van der Waals surface area contributed by atoms with Crippen LogP contribution in [0.25, 0.3) is 10.9 Å². The van der Waals surface area contributed by atoms with E-state index in [1.54, 1.807) is 16.3 Å². The van der Waals surface area contributed by atoms with Gasteiger partial charge in [0.1, 0.15) is 0 Å². The first-order chi connectivity index (χ1) is 13.2. The molecule has 1 heterocycles. The summed E-state index contributed by atoms with van der Waals surface area (Å²) in [7, 11) is 0. The lowest BCUT2D eigenvalue weighted by atomic mass is 10.2. The third-order valence-corrected chi connectivity index (χ3v) is 5.59. The van der Waals surface area contributed by atoms with Gasteiger partial charge in [-0.05, 0) is 35.4 Å². The molecule has 134 valence electrons. The van der Waals surface area contributed by atoms with Crippen LogP contribution in [0.3, 0.4) is 0 Å². The molecule has 0 aliphatic rings. The molecular weight excluding hydrogens is 376 g/mol. The molecule has 0 atom stereocenters. The fraction of sp³-hybridized carbons (Fsp3) is 0.0909. The molecule has 27 heavy (non-hydrogen) atoms. The SMILES string of the molecule is O=c1c2ccccc2nc(SCc2ccccc2)n1Cc1ccc(Cl)cc1. The molecule has 0 aliphatic heterocycles. The maximum Gasteiger partial charge on any atom is 0.262 e. The maximum absolute atomic E-state index is 13.1. The van der Waals surface area contributed by atoms with E-state index in [0.717, 1.165) is 22.0 Å². The molecule has 4 aromatic rings. The Morgan fingerprint density at radius 1 is 0.852 bits per heavy atom. The molecule has 0 amide bonds. The number of thioether (sulfide) groups is 1. The van der Waals surface area contributed by atoms with Crippen LogP contribution in [0.5, 0.6) is 0 Å². The van der Waals surface area contributed by atoms with Gasteiger partial charge in [-0.1, -0.05) is 78.0 Å². The molecule has 3 nitrogen and oxygen atoms in total. The number of aromatic nitrogens is 2. The average Bonchev–Trinajstić information content (AvgIpc) is 2.71. The van der Waals surface area contributed by atoms with Crippen LogP contribution in [0, 0.1) is 0 Å². The van der Waals surface area contributed by atoms with Crippen LogP contribution in [-0.2, 0) is 12.3 Å². The zero-order valence-corrected chi connectivity index (χ0v) is 16.1. The van der Waals surface area contributed by atoms with Crippen LogP contribution in [0.1, 0.15) is 11.1 Å². The van der Waals surface area contributed by atoms with Gasteiger partial charge in [0.2, 0.25) is 0 Å². The number of fused-ring (bicyclic) bond motifs is 1. The van der Waals surface area contributed by atoms with Crippen LogP contribution >= 0.6 is 23.4 Å². The third kappa shape index (κ3) is 4.07. The van der Waals surface area contributed by atoms with Crippen molar-refractivity contribution in [2.75, 3.05) is 0 Å². The number of rotatable bonds is 5. The molecule has 0 saturated carbocycles. The van der Waals surface area contributed by atoms with Gasteiger partial charge in [0.05, 0.1) is 17.4 Å². The van der Waals surface area contributed by atoms with Gasteiger partial charge in [0.15, 0.2) is 5.16 Å². The largest absolute Gasteiger partial charge is 0.283 e. The molecule has 0 spiro atoms. The van der Waals surface area contributed by atoms with E-state index in [1.165, 1.54) is 5.56 Å². The second-order valence-electron chi connectivity index (χ2n) is 6.20. The van der Waals surface area contributed by atoms with E-state index < -0.39 is 0 Å². The smallest absolute Gasteiger partial charge is 0.262 e. The lowest BCUT2D eigenvalue weighted by molar-refractivity contribution is 0.658. The molecule has 5 heteroatoms.